The number of hydrogen-bond acceptors (Lipinski definition) is 4. The molecule has 0 fully saturated rings. The maximum absolute atomic E-state index is 8.57. The monoisotopic (exact) mass is 198 g/mol. The Morgan fingerprint density at radius 3 is 2.93 bits per heavy atom. The van der Waals surface area contributed by atoms with Gasteiger partial charge in [-0.25, -0.2) is 0 Å². The SMILES string of the molecule is CC(C)c1cc(CNCCCO)no1. The third kappa shape index (κ3) is 3.47. The highest BCUT2D eigenvalue weighted by Crippen LogP contribution is 2.14. The second-order valence-corrected chi connectivity index (χ2v) is 3.63. The van der Waals surface area contributed by atoms with Crippen LogP contribution in [0.3, 0.4) is 0 Å². The van der Waals surface area contributed by atoms with Crippen LogP contribution in [0, 0.1) is 0 Å². The lowest BCUT2D eigenvalue weighted by Crippen LogP contribution is -2.15. The minimum Gasteiger partial charge on any atom is -0.396 e. The normalized spacial score (nSPS) is 11.1. The van der Waals surface area contributed by atoms with Gasteiger partial charge in [-0.05, 0) is 13.0 Å². The maximum atomic E-state index is 8.57. The third-order valence-electron chi connectivity index (χ3n) is 1.96. The van der Waals surface area contributed by atoms with Crippen LogP contribution in [0.15, 0.2) is 10.6 Å². The molecule has 0 aliphatic rings. The molecular weight excluding hydrogens is 180 g/mol. The highest BCUT2D eigenvalue weighted by molar-refractivity contribution is 5.08. The number of hydrogen-bond donors (Lipinski definition) is 2. The lowest BCUT2D eigenvalue weighted by Gasteiger charge is -1.98. The first kappa shape index (κ1) is 11.2. The van der Waals surface area contributed by atoms with E-state index in [0.29, 0.717) is 12.5 Å². The van der Waals surface area contributed by atoms with Crippen molar-refractivity contribution in [3.05, 3.63) is 17.5 Å². The quantitative estimate of drug-likeness (QED) is 0.676. The van der Waals surface area contributed by atoms with E-state index in [4.69, 9.17) is 9.63 Å². The summed E-state index contributed by atoms with van der Waals surface area (Å²) < 4.78 is 5.14. The summed E-state index contributed by atoms with van der Waals surface area (Å²) in [5.41, 5.74) is 0.923. The molecule has 0 bridgehead atoms. The van der Waals surface area contributed by atoms with Gasteiger partial charge in [-0.2, -0.15) is 0 Å². The molecule has 0 aliphatic carbocycles. The fourth-order valence-electron chi connectivity index (χ4n) is 1.10. The van der Waals surface area contributed by atoms with E-state index in [1.165, 1.54) is 0 Å². The zero-order chi connectivity index (χ0) is 10.4. The Balaban J connectivity index is 2.29. The molecule has 2 N–H and O–H groups in total. The first-order valence-corrected chi connectivity index (χ1v) is 5.01. The molecule has 4 heteroatoms. The zero-order valence-corrected chi connectivity index (χ0v) is 8.79. The number of aromatic nitrogens is 1. The summed E-state index contributed by atoms with van der Waals surface area (Å²) in [6.07, 6.45) is 0.773. The molecule has 0 aliphatic heterocycles. The Morgan fingerprint density at radius 1 is 1.57 bits per heavy atom. The summed E-state index contributed by atoms with van der Waals surface area (Å²) in [6.45, 7) is 5.88. The lowest BCUT2D eigenvalue weighted by molar-refractivity contribution is 0.285. The van der Waals surface area contributed by atoms with Crippen LogP contribution in [0.5, 0.6) is 0 Å². The van der Waals surface area contributed by atoms with Crippen LogP contribution >= 0.6 is 0 Å². The topological polar surface area (TPSA) is 58.3 Å². The van der Waals surface area contributed by atoms with Crippen LogP contribution in [-0.2, 0) is 6.54 Å². The Labute approximate surface area is 84.3 Å². The van der Waals surface area contributed by atoms with Crippen LogP contribution in [0.25, 0.3) is 0 Å². The first-order chi connectivity index (χ1) is 6.74. The molecule has 0 aromatic carbocycles. The average Bonchev–Trinajstić information content (AvgIpc) is 2.61. The van der Waals surface area contributed by atoms with Gasteiger partial charge in [0.25, 0.3) is 0 Å². The van der Waals surface area contributed by atoms with E-state index in [0.717, 1.165) is 24.4 Å². The smallest absolute Gasteiger partial charge is 0.139 e. The highest BCUT2D eigenvalue weighted by atomic mass is 16.5. The standard InChI is InChI=1S/C10H18N2O2/c1-8(2)10-6-9(12-14-10)7-11-4-3-5-13/h6,8,11,13H,3-5,7H2,1-2H3. The number of nitrogens with one attached hydrogen (secondary N) is 1. The van der Waals surface area contributed by atoms with Gasteiger partial charge in [-0.3, -0.25) is 0 Å². The molecule has 0 radical (unpaired) electrons. The molecule has 0 atom stereocenters. The van der Waals surface area contributed by atoms with Crippen molar-refractivity contribution in [1.82, 2.24) is 10.5 Å². The van der Waals surface area contributed by atoms with E-state index in [2.05, 4.69) is 24.3 Å². The van der Waals surface area contributed by atoms with Gasteiger partial charge in [0.1, 0.15) is 5.76 Å². The predicted molar refractivity (Wildman–Crippen MR) is 54.0 cm³/mol. The number of nitrogens with zero attached hydrogens (tertiary/aromatic N) is 1. The Morgan fingerprint density at radius 2 is 2.36 bits per heavy atom. The maximum Gasteiger partial charge on any atom is 0.139 e. The minimum atomic E-state index is 0.225. The van der Waals surface area contributed by atoms with Crippen molar-refractivity contribution in [2.75, 3.05) is 13.2 Å². The summed E-state index contributed by atoms with van der Waals surface area (Å²) in [6, 6.07) is 1.97. The Bertz CT molecular complexity index is 258. The van der Waals surface area contributed by atoms with Gasteiger partial charge in [0.15, 0.2) is 0 Å². The van der Waals surface area contributed by atoms with E-state index in [9.17, 15) is 0 Å². The fraction of sp³-hybridized carbons (Fsp3) is 0.700. The Hall–Kier alpha value is -0.870. The number of rotatable bonds is 6. The first-order valence-electron chi connectivity index (χ1n) is 5.01. The van der Waals surface area contributed by atoms with Crippen LogP contribution in [-0.4, -0.2) is 23.4 Å². The van der Waals surface area contributed by atoms with Crippen LogP contribution in [0.1, 0.15) is 37.6 Å². The molecule has 1 aromatic heterocycles. The van der Waals surface area contributed by atoms with E-state index < -0.39 is 0 Å². The van der Waals surface area contributed by atoms with Crippen LogP contribution in [0.2, 0.25) is 0 Å². The molecule has 1 aromatic rings. The van der Waals surface area contributed by atoms with Crippen molar-refractivity contribution in [2.45, 2.75) is 32.7 Å². The molecular formula is C10H18N2O2. The molecule has 1 rings (SSSR count). The zero-order valence-electron chi connectivity index (χ0n) is 8.79. The third-order valence-corrected chi connectivity index (χ3v) is 1.96. The van der Waals surface area contributed by atoms with Crippen molar-refractivity contribution in [3.8, 4) is 0 Å². The fourth-order valence-corrected chi connectivity index (χ4v) is 1.10. The number of aliphatic hydroxyl groups excluding tert-OH is 1. The van der Waals surface area contributed by atoms with Gasteiger partial charge in [0, 0.05) is 25.1 Å². The predicted octanol–water partition coefficient (Wildman–Crippen LogP) is 1.27. The summed E-state index contributed by atoms with van der Waals surface area (Å²) >= 11 is 0. The minimum absolute atomic E-state index is 0.225. The summed E-state index contributed by atoms with van der Waals surface area (Å²) in [5, 5.41) is 15.7. The van der Waals surface area contributed by atoms with Gasteiger partial charge >= 0.3 is 0 Å². The van der Waals surface area contributed by atoms with Crippen molar-refractivity contribution < 1.29 is 9.63 Å². The molecule has 4 nitrogen and oxygen atoms in total. The molecule has 1 heterocycles. The number of aliphatic hydroxyl groups is 1. The summed E-state index contributed by atoms with van der Waals surface area (Å²) in [7, 11) is 0. The van der Waals surface area contributed by atoms with Crippen molar-refractivity contribution >= 4 is 0 Å². The average molecular weight is 198 g/mol. The largest absolute Gasteiger partial charge is 0.396 e. The summed E-state index contributed by atoms with van der Waals surface area (Å²) in [4.78, 5) is 0. The Kier molecular flexibility index (Phi) is 4.62. The second kappa shape index (κ2) is 5.78. The van der Waals surface area contributed by atoms with Crippen molar-refractivity contribution in [3.63, 3.8) is 0 Å². The van der Waals surface area contributed by atoms with Crippen LogP contribution in [0.4, 0.5) is 0 Å². The van der Waals surface area contributed by atoms with Gasteiger partial charge in [-0.15, -0.1) is 0 Å². The van der Waals surface area contributed by atoms with Crippen molar-refractivity contribution in [2.24, 2.45) is 0 Å². The lowest BCUT2D eigenvalue weighted by atomic mass is 10.1. The molecule has 0 saturated carbocycles. The molecule has 0 saturated heterocycles. The van der Waals surface area contributed by atoms with Crippen LogP contribution < -0.4 is 5.32 Å². The molecule has 80 valence electrons. The van der Waals surface area contributed by atoms with Gasteiger partial charge in [0.2, 0.25) is 0 Å². The second-order valence-electron chi connectivity index (χ2n) is 3.63. The van der Waals surface area contributed by atoms with Crippen molar-refractivity contribution in [1.29, 1.82) is 0 Å². The highest BCUT2D eigenvalue weighted by Gasteiger charge is 2.06. The molecule has 14 heavy (non-hydrogen) atoms. The molecule has 0 amide bonds. The van der Waals surface area contributed by atoms with E-state index >= 15 is 0 Å². The van der Waals surface area contributed by atoms with Gasteiger partial charge in [-0.1, -0.05) is 19.0 Å². The summed E-state index contributed by atoms with van der Waals surface area (Å²) in [5.74, 6) is 1.30. The van der Waals surface area contributed by atoms with E-state index in [1.54, 1.807) is 0 Å². The molecule has 0 unspecified atom stereocenters. The van der Waals surface area contributed by atoms with E-state index in [-0.39, 0.29) is 6.61 Å². The van der Waals surface area contributed by atoms with E-state index in [1.807, 2.05) is 6.07 Å². The van der Waals surface area contributed by atoms with Gasteiger partial charge < -0.3 is 14.9 Å². The van der Waals surface area contributed by atoms with Gasteiger partial charge in [0.05, 0.1) is 5.69 Å². The molecule has 0 spiro atoms.